The molecule has 0 saturated heterocycles. The van der Waals surface area contributed by atoms with Crippen molar-refractivity contribution >= 4 is 23.5 Å². The molecular weight excluding hydrogens is 275 g/mol. The zero-order chi connectivity index (χ0) is 14.2. The third-order valence-corrected chi connectivity index (χ3v) is 3.56. The van der Waals surface area contributed by atoms with Crippen molar-refractivity contribution in [2.45, 2.75) is 25.3 Å². The minimum absolute atomic E-state index is 0.116. The average Bonchev–Trinajstić information content (AvgIpc) is 3.16. The molecule has 7 heteroatoms. The molecule has 0 radical (unpaired) electrons. The zero-order valence-corrected chi connectivity index (χ0v) is 10.9. The number of carboxylic acids is 1. The van der Waals surface area contributed by atoms with Crippen LogP contribution in [0.3, 0.4) is 0 Å². The first kappa shape index (κ1) is 13.7. The first-order valence-corrected chi connectivity index (χ1v) is 6.09. The topological polar surface area (TPSA) is 79.3 Å². The van der Waals surface area contributed by atoms with E-state index in [2.05, 4.69) is 10.3 Å². The van der Waals surface area contributed by atoms with Gasteiger partial charge in [-0.3, -0.25) is 4.79 Å². The van der Waals surface area contributed by atoms with Gasteiger partial charge in [0.05, 0.1) is 11.8 Å². The molecule has 1 saturated carbocycles. The molecule has 0 aliphatic heterocycles. The van der Waals surface area contributed by atoms with E-state index in [1.807, 2.05) is 0 Å². The molecule has 1 heterocycles. The fraction of sp³-hybridized carbons (Fsp3) is 0.417. The molecular formula is C12H12ClFN2O3. The van der Waals surface area contributed by atoms with E-state index in [-0.39, 0.29) is 16.6 Å². The molecule has 0 aromatic carbocycles. The van der Waals surface area contributed by atoms with Crippen LogP contribution in [-0.4, -0.2) is 27.5 Å². The fourth-order valence-corrected chi connectivity index (χ4v) is 2.06. The molecule has 1 aliphatic carbocycles. The van der Waals surface area contributed by atoms with Gasteiger partial charge >= 0.3 is 5.97 Å². The summed E-state index contributed by atoms with van der Waals surface area (Å²) in [4.78, 5) is 26.8. The summed E-state index contributed by atoms with van der Waals surface area (Å²) in [6.45, 7) is 1.44. The van der Waals surface area contributed by atoms with E-state index in [1.165, 1.54) is 6.92 Å². The van der Waals surface area contributed by atoms with Crippen molar-refractivity contribution in [3.63, 3.8) is 0 Å². The number of pyridine rings is 1. The van der Waals surface area contributed by atoms with E-state index in [9.17, 15) is 19.1 Å². The number of aliphatic carboxylic acids is 1. The predicted octanol–water partition coefficient (Wildman–Crippen LogP) is 1.86. The van der Waals surface area contributed by atoms with Crippen molar-refractivity contribution < 1.29 is 19.1 Å². The lowest BCUT2D eigenvalue weighted by Crippen LogP contribution is -2.54. The maximum absolute atomic E-state index is 13.1. The van der Waals surface area contributed by atoms with Gasteiger partial charge in [0, 0.05) is 0 Å². The molecule has 1 amide bonds. The molecule has 1 atom stereocenters. The number of carbonyl (C=O) groups excluding carboxylic acids is 1. The Kier molecular flexibility index (Phi) is 3.45. The van der Waals surface area contributed by atoms with E-state index in [0.717, 1.165) is 25.1 Å². The van der Waals surface area contributed by atoms with Crippen molar-refractivity contribution in [3.8, 4) is 0 Å². The van der Waals surface area contributed by atoms with E-state index in [4.69, 9.17) is 11.6 Å². The van der Waals surface area contributed by atoms with E-state index >= 15 is 0 Å². The third kappa shape index (κ3) is 2.68. The maximum atomic E-state index is 13.1. The molecule has 0 bridgehead atoms. The number of aromatic nitrogens is 1. The lowest BCUT2D eigenvalue weighted by molar-refractivity contribution is -0.144. The highest BCUT2D eigenvalue weighted by molar-refractivity contribution is 6.32. The normalized spacial score (nSPS) is 17.6. The fourth-order valence-electron chi connectivity index (χ4n) is 1.88. The minimum atomic E-state index is -1.37. The molecule has 1 aromatic rings. The monoisotopic (exact) mass is 286 g/mol. The minimum Gasteiger partial charge on any atom is -0.480 e. The summed E-state index contributed by atoms with van der Waals surface area (Å²) in [6.07, 6.45) is 2.35. The van der Waals surface area contributed by atoms with Gasteiger partial charge in [-0.2, -0.15) is 0 Å². The van der Waals surface area contributed by atoms with Crippen LogP contribution in [0.4, 0.5) is 4.39 Å². The van der Waals surface area contributed by atoms with Crippen molar-refractivity contribution in [1.82, 2.24) is 10.3 Å². The Bertz CT molecular complexity index is 548. The molecule has 1 fully saturated rings. The average molecular weight is 287 g/mol. The number of rotatable bonds is 4. The summed E-state index contributed by atoms with van der Waals surface area (Å²) in [6, 6.07) is 0.930. The quantitative estimate of drug-likeness (QED) is 0.828. The maximum Gasteiger partial charge on any atom is 0.329 e. The smallest absolute Gasteiger partial charge is 0.329 e. The molecule has 1 aromatic heterocycles. The first-order chi connectivity index (χ1) is 8.84. The molecule has 1 aliphatic rings. The van der Waals surface area contributed by atoms with Gasteiger partial charge in [0.2, 0.25) is 0 Å². The largest absolute Gasteiger partial charge is 0.480 e. The van der Waals surface area contributed by atoms with Crippen molar-refractivity contribution in [3.05, 3.63) is 28.8 Å². The summed E-state index contributed by atoms with van der Waals surface area (Å²) in [7, 11) is 0. The number of carboxylic acid groups (broad SMARTS) is 1. The van der Waals surface area contributed by atoms with Gasteiger partial charge in [0.1, 0.15) is 16.5 Å². The lowest BCUT2D eigenvalue weighted by Gasteiger charge is -2.26. The Balaban J connectivity index is 2.25. The summed E-state index contributed by atoms with van der Waals surface area (Å²) in [5, 5.41) is 11.5. The lowest BCUT2D eigenvalue weighted by atomic mass is 9.95. The Hall–Kier alpha value is -1.69. The molecule has 2 N–H and O–H groups in total. The Morgan fingerprint density at radius 2 is 2.21 bits per heavy atom. The van der Waals surface area contributed by atoms with Crippen LogP contribution in [0, 0.1) is 11.7 Å². The SMILES string of the molecule is CC(NC(=O)c1cc(F)cnc1Cl)(C(=O)O)C1CC1. The highest BCUT2D eigenvalue weighted by atomic mass is 35.5. The summed E-state index contributed by atoms with van der Waals surface area (Å²) in [5.74, 6) is -2.69. The second-order valence-corrected chi connectivity index (χ2v) is 5.09. The number of halogens is 2. The van der Waals surface area contributed by atoms with Gasteiger partial charge in [-0.15, -0.1) is 0 Å². The van der Waals surface area contributed by atoms with Crippen LogP contribution in [0.1, 0.15) is 30.1 Å². The van der Waals surface area contributed by atoms with Crippen LogP contribution in [0.2, 0.25) is 5.15 Å². The molecule has 5 nitrogen and oxygen atoms in total. The number of hydrogen-bond acceptors (Lipinski definition) is 3. The van der Waals surface area contributed by atoms with Gasteiger partial charge in [-0.1, -0.05) is 11.6 Å². The van der Waals surface area contributed by atoms with Gasteiger partial charge in [-0.25, -0.2) is 14.2 Å². The summed E-state index contributed by atoms with van der Waals surface area (Å²) in [5.41, 5.74) is -1.54. The first-order valence-electron chi connectivity index (χ1n) is 5.71. The van der Waals surface area contributed by atoms with Crippen LogP contribution in [0.15, 0.2) is 12.3 Å². The van der Waals surface area contributed by atoms with Crippen molar-refractivity contribution in [1.29, 1.82) is 0 Å². The van der Waals surface area contributed by atoms with Gasteiger partial charge in [0.25, 0.3) is 5.91 Å². The third-order valence-electron chi connectivity index (χ3n) is 3.26. The van der Waals surface area contributed by atoms with Crippen LogP contribution in [-0.2, 0) is 4.79 Å². The number of carbonyl (C=O) groups is 2. The molecule has 2 rings (SSSR count). The summed E-state index contributed by atoms with van der Waals surface area (Å²) >= 11 is 5.71. The highest BCUT2D eigenvalue weighted by Crippen LogP contribution is 2.40. The Morgan fingerprint density at radius 1 is 1.58 bits per heavy atom. The van der Waals surface area contributed by atoms with Crippen LogP contribution in [0.5, 0.6) is 0 Å². The molecule has 0 spiro atoms. The van der Waals surface area contributed by atoms with Crippen LogP contribution >= 0.6 is 11.6 Å². The number of amides is 1. The van der Waals surface area contributed by atoms with Gasteiger partial charge < -0.3 is 10.4 Å². The van der Waals surface area contributed by atoms with Crippen molar-refractivity contribution in [2.75, 3.05) is 0 Å². The van der Waals surface area contributed by atoms with E-state index in [0.29, 0.717) is 0 Å². The van der Waals surface area contributed by atoms with Gasteiger partial charge in [-0.05, 0) is 31.7 Å². The Morgan fingerprint density at radius 3 is 2.74 bits per heavy atom. The van der Waals surface area contributed by atoms with E-state index < -0.39 is 23.2 Å². The second kappa shape index (κ2) is 4.77. The summed E-state index contributed by atoms with van der Waals surface area (Å²) < 4.78 is 13.1. The zero-order valence-electron chi connectivity index (χ0n) is 10.1. The van der Waals surface area contributed by atoms with Crippen molar-refractivity contribution in [2.24, 2.45) is 5.92 Å². The number of nitrogens with one attached hydrogen (secondary N) is 1. The molecule has 19 heavy (non-hydrogen) atoms. The van der Waals surface area contributed by atoms with Crippen LogP contribution < -0.4 is 5.32 Å². The van der Waals surface area contributed by atoms with Crippen LogP contribution in [0.25, 0.3) is 0 Å². The second-order valence-electron chi connectivity index (χ2n) is 4.73. The van der Waals surface area contributed by atoms with E-state index in [1.54, 1.807) is 0 Å². The number of nitrogens with zero attached hydrogens (tertiary/aromatic N) is 1. The standard InChI is InChI=1S/C12H12ClFN2O3/c1-12(11(18)19,6-2-3-6)16-10(17)8-4-7(14)5-15-9(8)13/h4-6H,2-3H2,1H3,(H,16,17)(H,18,19). The number of hydrogen-bond donors (Lipinski definition) is 2. The Labute approximate surface area is 113 Å². The highest BCUT2D eigenvalue weighted by Gasteiger charge is 2.48. The van der Waals surface area contributed by atoms with Gasteiger partial charge in [0.15, 0.2) is 0 Å². The predicted molar refractivity (Wildman–Crippen MR) is 65.4 cm³/mol. The molecule has 1 unspecified atom stereocenters. The molecule has 102 valence electrons.